The van der Waals surface area contributed by atoms with E-state index in [9.17, 15) is 0 Å². The molecule has 4 rings (SSSR count). The average molecular weight is 353 g/mol. The molecular weight excluding hydrogens is 326 g/mol. The summed E-state index contributed by atoms with van der Waals surface area (Å²) in [5.41, 5.74) is 0. The molecular formula is C19H27N7. The van der Waals surface area contributed by atoms with Crippen LogP contribution >= 0.6 is 0 Å². The van der Waals surface area contributed by atoms with Gasteiger partial charge in [-0.15, -0.1) is 0 Å². The summed E-state index contributed by atoms with van der Waals surface area (Å²) in [6.07, 6.45) is 13.1. The summed E-state index contributed by atoms with van der Waals surface area (Å²) in [6, 6.07) is 4.50. The molecule has 2 aromatic rings. The van der Waals surface area contributed by atoms with Crippen molar-refractivity contribution < 1.29 is 0 Å². The zero-order valence-corrected chi connectivity index (χ0v) is 15.2. The second-order valence-electron chi connectivity index (χ2n) is 7.12. The van der Waals surface area contributed by atoms with Gasteiger partial charge >= 0.3 is 0 Å². The summed E-state index contributed by atoms with van der Waals surface area (Å²) in [5.74, 6) is 2.77. The molecule has 3 heterocycles. The zero-order valence-electron chi connectivity index (χ0n) is 15.2. The van der Waals surface area contributed by atoms with Gasteiger partial charge in [0.1, 0.15) is 18.0 Å². The minimum atomic E-state index is 0.548. The molecule has 2 aromatic heterocycles. The van der Waals surface area contributed by atoms with E-state index in [1.165, 1.54) is 38.5 Å². The summed E-state index contributed by atoms with van der Waals surface area (Å²) < 4.78 is 0. The van der Waals surface area contributed by atoms with Gasteiger partial charge in [0.15, 0.2) is 0 Å². The van der Waals surface area contributed by atoms with Gasteiger partial charge in [-0.25, -0.2) is 19.9 Å². The number of nitrogens with zero attached hydrogens (tertiary/aromatic N) is 6. The molecule has 0 bridgehead atoms. The molecule has 0 atom stereocenters. The molecule has 0 amide bonds. The van der Waals surface area contributed by atoms with Crippen LogP contribution in [0.4, 0.5) is 17.6 Å². The normalized spacial score (nSPS) is 19.2. The van der Waals surface area contributed by atoms with Crippen LogP contribution < -0.4 is 15.1 Å². The van der Waals surface area contributed by atoms with Gasteiger partial charge in [-0.2, -0.15) is 0 Å². The second-order valence-corrected chi connectivity index (χ2v) is 7.12. The lowest BCUT2D eigenvalue weighted by Gasteiger charge is -2.35. The van der Waals surface area contributed by atoms with Crippen LogP contribution in [0.15, 0.2) is 30.9 Å². The molecule has 1 saturated carbocycles. The third-order valence-corrected chi connectivity index (χ3v) is 5.30. The maximum atomic E-state index is 4.50. The molecule has 26 heavy (non-hydrogen) atoms. The van der Waals surface area contributed by atoms with Crippen molar-refractivity contribution in [2.45, 2.75) is 44.6 Å². The first-order valence-electron chi connectivity index (χ1n) is 9.74. The quantitative estimate of drug-likeness (QED) is 0.848. The number of hydrogen-bond donors (Lipinski definition) is 1. The molecule has 138 valence electrons. The van der Waals surface area contributed by atoms with Crippen LogP contribution in [-0.4, -0.2) is 52.2 Å². The minimum Gasteiger partial charge on any atom is -0.367 e. The third kappa shape index (κ3) is 4.20. The molecule has 0 radical (unpaired) electrons. The van der Waals surface area contributed by atoms with Crippen LogP contribution in [0.25, 0.3) is 0 Å². The predicted octanol–water partition coefficient (Wildman–Crippen LogP) is 2.73. The van der Waals surface area contributed by atoms with Crippen LogP contribution in [0.2, 0.25) is 0 Å². The van der Waals surface area contributed by atoms with Crippen molar-refractivity contribution in [3.05, 3.63) is 30.9 Å². The molecule has 1 aliphatic heterocycles. The van der Waals surface area contributed by atoms with E-state index < -0.39 is 0 Å². The zero-order chi connectivity index (χ0) is 17.6. The highest BCUT2D eigenvalue weighted by Crippen LogP contribution is 2.22. The van der Waals surface area contributed by atoms with Gasteiger partial charge in [-0.1, -0.05) is 25.7 Å². The molecule has 0 spiro atoms. The van der Waals surface area contributed by atoms with E-state index in [0.29, 0.717) is 6.04 Å². The maximum Gasteiger partial charge on any atom is 0.225 e. The minimum absolute atomic E-state index is 0.548. The van der Waals surface area contributed by atoms with E-state index in [4.69, 9.17) is 0 Å². The SMILES string of the molecule is c1cnc(N2CCN(c3cc(NC4CCCCCC4)ncn3)CC2)nc1. The monoisotopic (exact) mass is 353 g/mol. The fraction of sp³-hybridized carbons (Fsp3) is 0.579. The number of anilines is 3. The summed E-state index contributed by atoms with van der Waals surface area (Å²) in [6.45, 7) is 3.63. The number of nitrogens with one attached hydrogen (secondary N) is 1. The molecule has 2 aliphatic rings. The Bertz CT molecular complexity index is 677. The van der Waals surface area contributed by atoms with Gasteiger partial charge in [0.25, 0.3) is 0 Å². The van der Waals surface area contributed by atoms with Crippen LogP contribution in [0.3, 0.4) is 0 Å². The van der Waals surface area contributed by atoms with Crippen LogP contribution in [0.5, 0.6) is 0 Å². The highest BCUT2D eigenvalue weighted by molar-refractivity contribution is 5.50. The van der Waals surface area contributed by atoms with E-state index in [1.807, 2.05) is 6.07 Å². The Morgan fingerprint density at radius 3 is 2.23 bits per heavy atom. The van der Waals surface area contributed by atoms with Crippen molar-refractivity contribution in [2.24, 2.45) is 0 Å². The van der Waals surface area contributed by atoms with E-state index >= 15 is 0 Å². The first-order valence-corrected chi connectivity index (χ1v) is 9.74. The van der Waals surface area contributed by atoms with E-state index in [0.717, 1.165) is 43.8 Å². The van der Waals surface area contributed by atoms with Crippen molar-refractivity contribution in [2.75, 3.05) is 41.3 Å². The maximum absolute atomic E-state index is 4.50. The highest BCUT2D eigenvalue weighted by Gasteiger charge is 2.20. The van der Waals surface area contributed by atoms with E-state index in [-0.39, 0.29) is 0 Å². The molecule has 0 unspecified atom stereocenters. The smallest absolute Gasteiger partial charge is 0.225 e. The Kier molecular flexibility index (Phi) is 5.42. The lowest BCUT2D eigenvalue weighted by molar-refractivity contribution is 0.616. The average Bonchev–Trinajstić information content (AvgIpc) is 2.98. The fourth-order valence-electron chi connectivity index (χ4n) is 3.82. The molecule has 0 aromatic carbocycles. The summed E-state index contributed by atoms with van der Waals surface area (Å²) in [4.78, 5) is 22.2. The largest absolute Gasteiger partial charge is 0.367 e. The van der Waals surface area contributed by atoms with Crippen LogP contribution in [-0.2, 0) is 0 Å². The Morgan fingerprint density at radius 2 is 1.50 bits per heavy atom. The van der Waals surface area contributed by atoms with E-state index in [1.54, 1.807) is 18.7 Å². The Morgan fingerprint density at radius 1 is 0.808 bits per heavy atom. The Hall–Kier alpha value is -2.44. The summed E-state index contributed by atoms with van der Waals surface area (Å²) in [7, 11) is 0. The van der Waals surface area contributed by atoms with Gasteiger partial charge in [-0.3, -0.25) is 0 Å². The number of piperazine rings is 1. The highest BCUT2D eigenvalue weighted by atomic mass is 15.3. The molecule has 7 heteroatoms. The number of aromatic nitrogens is 4. The van der Waals surface area contributed by atoms with Crippen molar-refractivity contribution in [1.82, 2.24) is 19.9 Å². The predicted molar refractivity (Wildman–Crippen MR) is 104 cm³/mol. The van der Waals surface area contributed by atoms with Crippen molar-refractivity contribution in [1.29, 1.82) is 0 Å². The lowest BCUT2D eigenvalue weighted by Crippen LogP contribution is -2.47. The Labute approximate surface area is 154 Å². The fourth-order valence-corrected chi connectivity index (χ4v) is 3.82. The molecule has 1 aliphatic carbocycles. The summed E-state index contributed by atoms with van der Waals surface area (Å²) in [5, 5.41) is 3.63. The second kappa shape index (κ2) is 8.29. The van der Waals surface area contributed by atoms with Crippen molar-refractivity contribution >= 4 is 17.6 Å². The Balaban J connectivity index is 1.36. The number of rotatable bonds is 4. The molecule has 7 nitrogen and oxygen atoms in total. The topological polar surface area (TPSA) is 70.1 Å². The van der Waals surface area contributed by atoms with Gasteiger partial charge < -0.3 is 15.1 Å². The molecule has 1 saturated heterocycles. The van der Waals surface area contributed by atoms with Crippen LogP contribution in [0.1, 0.15) is 38.5 Å². The van der Waals surface area contributed by atoms with Gasteiger partial charge in [-0.05, 0) is 18.9 Å². The standard InChI is InChI=1S/C19H27N7/c1-2-4-7-16(6-3-1)24-17-14-18(23-15-22-17)25-10-12-26(13-11-25)19-20-8-5-9-21-19/h5,8-9,14-16H,1-4,6-7,10-13H2,(H,22,23,24). The molecule has 2 fully saturated rings. The van der Waals surface area contributed by atoms with Gasteiger partial charge in [0.2, 0.25) is 5.95 Å². The van der Waals surface area contributed by atoms with Crippen LogP contribution in [0, 0.1) is 0 Å². The lowest BCUT2D eigenvalue weighted by atomic mass is 10.1. The van der Waals surface area contributed by atoms with E-state index in [2.05, 4.69) is 41.1 Å². The first-order chi connectivity index (χ1) is 12.9. The van der Waals surface area contributed by atoms with Gasteiger partial charge in [0, 0.05) is 50.7 Å². The van der Waals surface area contributed by atoms with Crippen molar-refractivity contribution in [3.63, 3.8) is 0 Å². The van der Waals surface area contributed by atoms with Gasteiger partial charge in [0.05, 0.1) is 0 Å². The number of hydrogen-bond acceptors (Lipinski definition) is 7. The first kappa shape index (κ1) is 17.0. The van der Waals surface area contributed by atoms with Crippen molar-refractivity contribution in [3.8, 4) is 0 Å². The molecule has 1 N–H and O–H groups in total. The third-order valence-electron chi connectivity index (χ3n) is 5.30. The summed E-state index contributed by atoms with van der Waals surface area (Å²) >= 11 is 0.